The Labute approximate surface area is 162 Å². The minimum Gasteiger partial charge on any atom is -0.508 e. The molecule has 0 aliphatic heterocycles. The second-order valence-electron chi connectivity index (χ2n) is 6.01. The molecule has 2 aromatic carbocycles. The average Bonchev–Trinajstić information content (AvgIpc) is 2.74. The molecule has 0 fully saturated rings. The number of phenols is 1. The van der Waals surface area contributed by atoms with Crippen LogP contribution in [0.5, 0.6) is 23.0 Å². The number of nitrogens with zero attached hydrogens (tertiary/aromatic N) is 2. The Morgan fingerprint density at radius 2 is 1.64 bits per heavy atom. The van der Waals surface area contributed by atoms with Gasteiger partial charge < -0.3 is 19.3 Å². The third-order valence-corrected chi connectivity index (χ3v) is 4.28. The molecule has 1 heterocycles. The van der Waals surface area contributed by atoms with Gasteiger partial charge >= 0.3 is 0 Å². The van der Waals surface area contributed by atoms with Gasteiger partial charge in [0.05, 0.1) is 21.3 Å². The van der Waals surface area contributed by atoms with E-state index in [-0.39, 0.29) is 17.2 Å². The predicted molar refractivity (Wildman–Crippen MR) is 103 cm³/mol. The highest BCUT2D eigenvalue weighted by atomic mass is 16.5. The summed E-state index contributed by atoms with van der Waals surface area (Å²) in [7, 11) is 4.46. The van der Waals surface area contributed by atoms with E-state index >= 15 is 0 Å². The normalized spacial score (nSPS) is 10.4. The second kappa shape index (κ2) is 7.96. The molecule has 0 atom stereocenters. The summed E-state index contributed by atoms with van der Waals surface area (Å²) in [5.74, 6) is 1.32. The van der Waals surface area contributed by atoms with Crippen molar-refractivity contribution < 1.29 is 24.1 Å². The van der Waals surface area contributed by atoms with E-state index in [4.69, 9.17) is 14.2 Å². The van der Waals surface area contributed by atoms with E-state index < -0.39 is 0 Å². The first kappa shape index (κ1) is 19.2. The number of phenolic OH excluding ortho intramolecular Hbond substituents is 1. The van der Waals surface area contributed by atoms with E-state index in [1.807, 2.05) is 0 Å². The smallest absolute Gasteiger partial charge is 0.211 e. The summed E-state index contributed by atoms with van der Waals surface area (Å²) in [6.07, 6.45) is 1.50. The lowest BCUT2D eigenvalue weighted by Crippen LogP contribution is -2.07. The lowest BCUT2D eigenvalue weighted by Gasteiger charge is -2.13. The SMILES string of the molecule is COc1cc(C(=O)c2ccnc(-c3ccc(C)c(O)c3)n2)cc(OC)c1OC. The van der Waals surface area contributed by atoms with Crippen LogP contribution in [0.1, 0.15) is 21.6 Å². The molecular weight excluding hydrogens is 360 g/mol. The zero-order chi connectivity index (χ0) is 20.3. The number of aryl methyl sites for hydroxylation is 1. The number of aromatic nitrogens is 2. The Morgan fingerprint density at radius 1 is 0.964 bits per heavy atom. The predicted octanol–water partition coefficient (Wildman–Crippen LogP) is 3.41. The molecule has 7 nitrogen and oxygen atoms in total. The van der Waals surface area contributed by atoms with Crippen LogP contribution in [-0.4, -0.2) is 42.2 Å². The Bertz CT molecular complexity index is 1010. The number of carbonyl (C=O) groups excluding carboxylic acids is 1. The van der Waals surface area contributed by atoms with Crippen LogP contribution in [-0.2, 0) is 0 Å². The van der Waals surface area contributed by atoms with E-state index in [0.717, 1.165) is 5.56 Å². The second-order valence-corrected chi connectivity index (χ2v) is 6.01. The van der Waals surface area contributed by atoms with Crippen LogP contribution in [0.25, 0.3) is 11.4 Å². The first-order valence-corrected chi connectivity index (χ1v) is 8.46. The lowest BCUT2D eigenvalue weighted by atomic mass is 10.1. The molecule has 3 rings (SSSR count). The number of ketones is 1. The zero-order valence-corrected chi connectivity index (χ0v) is 16.0. The number of hydrogen-bond donors (Lipinski definition) is 1. The maximum absolute atomic E-state index is 13.0. The van der Waals surface area contributed by atoms with Gasteiger partial charge in [0.25, 0.3) is 0 Å². The fourth-order valence-corrected chi connectivity index (χ4v) is 2.73. The molecule has 0 aliphatic carbocycles. The van der Waals surface area contributed by atoms with Gasteiger partial charge in [-0.15, -0.1) is 0 Å². The van der Waals surface area contributed by atoms with Gasteiger partial charge in [-0.25, -0.2) is 9.97 Å². The van der Waals surface area contributed by atoms with Gasteiger partial charge in [0.2, 0.25) is 11.5 Å². The summed E-state index contributed by atoms with van der Waals surface area (Å²) in [6, 6.07) is 9.80. The molecule has 1 aromatic heterocycles. The fraction of sp³-hybridized carbons (Fsp3) is 0.190. The first-order valence-electron chi connectivity index (χ1n) is 8.46. The molecule has 3 aromatic rings. The van der Waals surface area contributed by atoms with Gasteiger partial charge in [-0.3, -0.25) is 4.79 Å². The van der Waals surface area contributed by atoms with E-state index in [0.29, 0.717) is 34.2 Å². The molecule has 0 saturated heterocycles. The number of methoxy groups -OCH3 is 3. The van der Waals surface area contributed by atoms with Crippen molar-refractivity contribution in [3.05, 3.63) is 59.4 Å². The number of benzene rings is 2. The van der Waals surface area contributed by atoms with Crippen LogP contribution in [0.3, 0.4) is 0 Å². The maximum atomic E-state index is 13.0. The number of rotatable bonds is 6. The maximum Gasteiger partial charge on any atom is 0.211 e. The first-order chi connectivity index (χ1) is 13.5. The summed E-state index contributed by atoms with van der Waals surface area (Å²) >= 11 is 0. The van der Waals surface area contributed by atoms with Crippen molar-refractivity contribution in [2.24, 2.45) is 0 Å². The fourth-order valence-electron chi connectivity index (χ4n) is 2.73. The van der Waals surface area contributed by atoms with Gasteiger partial charge in [0.1, 0.15) is 11.4 Å². The minimum atomic E-state index is -0.320. The average molecular weight is 380 g/mol. The largest absolute Gasteiger partial charge is 0.508 e. The monoisotopic (exact) mass is 380 g/mol. The van der Waals surface area contributed by atoms with E-state index in [1.165, 1.54) is 33.6 Å². The highest BCUT2D eigenvalue weighted by molar-refractivity contribution is 6.08. The molecule has 144 valence electrons. The third kappa shape index (κ3) is 3.59. The number of ether oxygens (including phenoxy) is 3. The van der Waals surface area contributed by atoms with Crippen molar-refractivity contribution in [1.29, 1.82) is 0 Å². The number of aromatic hydroxyl groups is 1. The van der Waals surface area contributed by atoms with Crippen molar-refractivity contribution in [3.63, 3.8) is 0 Å². The molecule has 0 radical (unpaired) electrons. The van der Waals surface area contributed by atoms with Gasteiger partial charge in [-0.2, -0.15) is 0 Å². The van der Waals surface area contributed by atoms with Crippen molar-refractivity contribution in [1.82, 2.24) is 9.97 Å². The third-order valence-electron chi connectivity index (χ3n) is 4.28. The van der Waals surface area contributed by atoms with Gasteiger partial charge in [-0.05, 0) is 36.8 Å². The summed E-state index contributed by atoms with van der Waals surface area (Å²) < 4.78 is 15.9. The van der Waals surface area contributed by atoms with Crippen molar-refractivity contribution in [2.75, 3.05) is 21.3 Å². The zero-order valence-electron chi connectivity index (χ0n) is 16.0. The van der Waals surface area contributed by atoms with Crippen molar-refractivity contribution >= 4 is 5.78 Å². The molecule has 0 aliphatic rings. The quantitative estimate of drug-likeness (QED) is 0.655. The van der Waals surface area contributed by atoms with Crippen LogP contribution in [0, 0.1) is 6.92 Å². The molecule has 0 spiro atoms. The van der Waals surface area contributed by atoms with Crippen LogP contribution >= 0.6 is 0 Å². The van der Waals surface area contributed by atoms with Crippen molar-refractivity contribution in [2.45, 2.75) is 6.92 Å². The Hall–Kier alpha value is -3.61. The number of carbonyl (C=O) groups is 1. The summed E-state index contributed by atoms with van der Waals surface area (Å²) in [5.41, 5.74) is 1.90. The Balaban J connectivity index is 2.02. The van der Waals surface area contributed by atoms with E-state index in [1.54, 1.807) is 37.3 Å². The topological polar surface area (TPSA) is 90.8 Å². The molecule has 0 unspecified atom stereocenters. The van der Waals surface area contributed by atoms with E-state index in [9.17, 15) is 9.90 Å². The molecule has 7 heteroatoms. The molecule has 1 N–H and O–H groups in total. The molecule has 28 heavy (non-hydrogen) atoms. The van der Waals surface area contributed by atoms with Crippen LogP contribution in [0.15, 0.2) is 42.6 Å². The van der Waals surface area contributed by atoms with Gasteiger partial charge in [-0.1, -0.05) is 12.1 Å². The van der Waals surface area contributed by atoms with Crippen LogP contribution < -0.4 is 14.2 Å². The highest BCUT2D eigenvalue weighted by Gasteiger charge is 2.19. The van der Waals surface area contributed by atoms with Crippen LogP contribution in [0.2, 0.25) is 0 Å². The number of hydrogen-bond acceptors (Lipinski definition) is 7. The summed E-state index contributed by atoms with van der Waals surface area (Å²) in [4.78, 5) is 21.6. The summed E-state index contributed by atoms with van der Waals surface area (Å²) in [5, 5.41) is 9.92. The minimum absolute atomic E-state index is 0.141. The summed E-state index contributed by atoms with van der Waals surface area (Å²) in [6.45, 7) is 1.80. The molecular formula is C21H20N2O5. The molecule has 0 saturated carbocycles. The standard InChI is InChI=1S/C21H20N2O5/c1-12-5-6-13(9-16(12)24)21-22-8-7-15(23-21)19(25)14-10-17(26-2)20(28-4)18(11-14)27-3/h5-11,24H,1-4H3. The Morgan fingerprint density at radius 3 is 2.21 bits per heavy atom. The molecule has 0 amide bonds. The Kier molecular flexibility index (Phi) is 5.44. The lowest BCUT2D eigenvalue weighted by molar-refractivity contribution is 0.103. The van der Waals surface area contributed by atoms with Crippen LogP contribution in [0.4, 0.5) is 0 Å². The van der Waals surface area contributed by atoms with E-state index in [2.05, 4.69) is 9.97 Å². The molecule has 0 bridgehead atoms. The van der Waals surface area contributed by atoms with Gasteiger partial charge in [0, 0.05) is 17.3 Å². The van der Waals surface area contributed by atoms with Crippen molar-refractivity contribution in [3.8, 4) is 34.4 Å². The van der Waals surface area contributed by atoms with Gasteiger partial charge in [0.15, 0.2) is 17.3 Å². The highest BCUT2D eigenvalue weighted by Crippen LogP contribution is 2.38.